The van der Waals surface area contributed by atoms with Crippen LogP contribution in [0.1, 0.15) is 19.3 Å². The zero-order valence-corrected chi connectivity index (χ0v) is 10.2. The third-order valence-corrected chi connectivity index (χ3v) is 3.19. The number of nitrogens with one attached hydrogen (secondary N) is 2. The number of benzene rings is 1. The summed E-state index contributed by atoms with van der Waals surface area (Å²) < 4.78 is 0. The second-order valence-corrected chi connectivity index (χ2v) is 4.56. The van der Waals surface area contributed by atoms with E-state index in [1.54, 1.807) is 12.1 Å². The van der Waals surface area contributed by atoms with Gasteiger partial charge in [-0.2, -0.15) is 0 Å². The lowest BCUT2D eigenvalue weighted by Gasteiger charge is -2.24. The quantitative estimate of drug-likeness (QED) is 0.430. The maximum absolute atomic E-state index is 10.6. The molecule has 0 bridgehead atoms. The van der Waals surface area contributed by atoms with Gasteiger partial charge < -0.3 is 16.4 Å². The van der Waals surface area contributed by atoms with Gasteiger partial charge in [-0.3, -0.25) is 10.1 Å². The molecule has 0 aromatic heterocycles. The van der Waals surface area contributed by atoms with Crippen LogP contribution in [0.2, 0.25) is 0 Å². The van der Waals surface area contributed by atoms with Crippen LogP contribution in [0.5, 0.6) is 0 Å². The zero-order valence-electron chi connectivity index (χ0n) is 10.2. The van der Waals surface area contributed by atoms with Crippen LogP contribution in [-0.2, 0) is 0 Å². The molecule has 1 aromatic rings. The van der Waals surface area contributed by atoms with Crippen molar-refractivity contribution in [1.29, 1.82) is 0 Å². The Hall–Kier alpha value is -1.82. The minimum absolute atomic E-state index is 0.0451. The predicted octanol–water partition coefficient (Wildman–Crippen LogP) is 1.73. The molecule has 18 heavy (non-hydrogen) atoms. The predicted molar refractivity (Wildman–Crippen MR) is 71.6 cm³/mol. The smallest absolute Gasteiger partial charge is 0.292 e. The fourth-order valence-electron chi connectivity index (χ4n) is 2.17. The Kier molecular flexibility index (Phi) is 3.99. The second-order valence-electron chi connectivity index (χ2n) is 4.56. The molecule has 0 radical (unpaired) electrons. The summed E-state index contributed by atoms with van der Waals surface area (Å²) in [4.78, 5) is 10.2. The molecule has 0 saturated carbocycles. The molecule has 0 amide bonds. The van der Waals surface area contributed by atoms with Crippen molar-refractivity contribution in [3.63, 3.8) is 0 Å². The minimum Gasteiger partial charge on any atom is -0.393 e. The van der Waals surface area contributed by atoms with E-state index in [1.165, 1.54) is 18.9 Å². The Balaban J connectivity index is 1.93. The van der Waals surface area contributed by atoms with Crippen molar-refractivity contribution in [3.8, 4) is 0 Å². The van der Waals surface area contributed by atoms with Gasteiger partial charge in [-0.05, 0) is 31.5 Å². The summed E-state index contributed by atoms with van der Waals surface area (Å²) in [5, 5.41) is 17.3. The van der Waals surface area contributed by atoms with Crippen LogP contribution in [0.4, 0.5) is 17.1 Å². The van der Waals surface area contributed by atoms with Crippen molar-refractivity contribution in [3.05, 3.63) is 28.3 Å². The van der Waals surface area contributed by atoms with Crippen LogP contribution < -0.4 is 16.4 Å². The number of nitrogen functional groups attached to an aromatic ring is 1. The first-order valence-corrected chi connectivity index (χ1v) is 6.18. The lowest BCUT2D eigenvalue weighted by molar-refractivity contribution is -0.383. The number of anilines is 2. The van der Waals surface area contributed by atoms with Crippen LogP contribution in [0.25, 0.3) is 0 Å². The third kappa shape index (κ3) is 3.10. The molecule has 4 N–H and O–H groups in total. The molecule has 0 aliphatic carbocycles. The van der Waals surface area contributed by atoms with Crippen molar-refractivity contribution in [2.45, 2.75) is 25.3 Å². The zero-order chi connectivity index (χ0) is 13.0. The highest BCUT2D eigenvalue weighted by molar-refractivity contribution is 5.65. The summed E-state index contributed by atoms with van der Waals surface area (Å²) in [6.07, 6.45) is 3.65. The van der Waals surface area contributed by atoms with E-state index >= 15 is 0 Å². The molecule has 6 nitrogen and oxygen atoms in total. The Bertz CT molecular complexity index is 430. The molecule has 1 aliphatic heterocycles. The lowest BCUT2D eigenvalue weighted by Crippen LogP contribution is -2.39. The van der Waals surface area contributed by atoms with Crippen molar-refractivity contribution < 1.29 is 4.92 Å². The summed E-state index contributed by atoms with van der Waals surface area (Å²) in [6.45, 7) is 1.88. The summed E-state index contributed by atoms with van der Waals surface area (Å²) >= 11 is 0. The lowest BCUT2D eigenvalue weighted by atomic mass is 10.1. The summed E-state index contributed by atoms with van der Waals surface area (Å²) in [7, 11) is 0. The van der Waals surface area contributed by atoms with E-state index in [0.29, 0.717) is 6.04 Å². The number of piperidine rings is 1. The normalized spacial score (nSPS) is 19.4. The molecule has 1 aromatic carbocycles. The van der Waals surface area contributed by atoms with Gasteiger partial charge in [0.15, 0.2) is 0 Å². The van der Waals surface area contributed by atoms with Gasteiger partial charge in [-0.25, -0.2) is 0 Å². The van der Waals surface area contributed by atoms with Crippen LogP contribution in [0.15, 0.2) is 18.2 Å². The van der Waals surface area contributed by atoms with Crippen molar-refractivity contribution >= 4 is 17.1 Å². The number of hydrogen-bond donors (Lipinski definition) is 3. The third-order valence-electron chi connectivity index (χ3n) is 3.19. The Morgan fingerprint density at radius 1 is 1.50 bits per heavy atom. The number of nitro groups is 1. The number of nitrogens with zero attached hydrogens (tertiary/aromatic N) is 1. The summed E-state index contributed by atoms with van der Waals surface area (Å²) in [5.41, 5.74) is 6.61. The Labute approximate surface area is 106 Å². The highest BCUT2D eigenvalue weighted by Crippen LogP contribution is 2.24. The van der Waals surface area contributed by atoms with Crippen LogP contribution >= 0.6 is 0 Å². The highest BCUT2D eigenvalue weighted by atomic mass is 16.6. The SMILES string of the molecule is Nc1cc(NCC2CCCCN2)ccc1[N+](=O)[O-]. The van der Waals surface area contributed by atoms with Gasteiger partial charge in [-0.15, -0.1) is 0 Å². The van der Waals surface area contributed by atoms with Gasteiger partial charge >= 0.3 is 0 Å². The van der Waals surface area contributed by atoms with E-state index in [-0.39, 0.29) is 11.4 Å². The molecule has 1 fully saturated rings. The fraction of sp³-hybridized carbons (Fsp3) is 0.500. The van der Waals surface area contributed by atoms with E-state index in [9.17, 15) is 10.1 Å². The van der Waals surface area contributed by atoms with Gasteiger partial charge in [0.2, 0.25) is 0 Å². The van der Waals surface area contributed by atoms with Crippen LogP contribution in [-0.4, -0.2) is 24.1 Å². The number of hydrogen-bond acceptors (Lipinski definition) is 5. The van der Waals surface area contributed by atoms with E-state index in [0.717, 1.165) is 25.2 Å². The fourth-order valence-corrected chi connectivity index (χ4v) is 2.17. The van der Waals surface area contributed by atoms with Gasteiger partial charge in [0.25, 0.3) is 5.69 Å². The first-order valence-electron chi connectivity index (χ1n) is 6.18. The minimum atomic E-state index is -0.470. The topological polar surface area (TPSA) is 93.2 Å². The largest absolute Gasteiger partial charge is 0.393 e. The number of nitrogens with two attached hydrogens (primary N) is 1. The first-order chi connectivity index (χ1) is 8.66. The van der Waals surface area contributed by atoms with E-state index in [4.69, 9.17) is 5.73 Å². The van der Waals surface area contributed by atoms with E-state index < -0.39 is 4.92 Å². The van der Waals surface area contributed by atoms with Crippen LogP contribution in [0, 0.1) is 10.1 Å². The second kappa shape index (κ2) is 5.68. The maximum Gasteiger partial charge on any atom is 0.292 e. The van der Waals surface area contributed by atoms with E-state index in [2.05, 4.69) is 10.6 Å². The summed E-state index contributed by atoms with van der Waals surface area (Å²) in [5.74, 6) is 0. The molecular weight excluding hydrogens is 232 g/mol. The average molecular weight is 250 g/mol. The molecule has 1 unspecified atom stereocenters. The monoisotopic (exact) mass is 250 g/mol. The Morgan fingerprint density at radius 2 is 2.33 bits per heavy atom. The van der Waals surface area contributed by atoms with E-state index in [1.807, 2.05) is 0 Å². The molecule has 2 rings (SSSR count). The van der Waals surface area contributed by atoms with Crippen LogP contribution in [0.3, 0.4) is 0 Å². The average Bonchev–Trinajstić information content (AvgIpc) is 2.37. The molecule has 1 saturated heterocycles. The molecular formula is C12H18N4O2. The van der Waals surface area contributed by atoms with Crippen molar-refractivity contribution in [2.75, 3.05) is 24.1 Å². The molecule has 98 valence electrons. The Morgan fingerprint density at radius 3 is 2.94 bits per heavy atom. The van der Waals surface area contributed by atoms with Gasteiger partial charge in [0.1, 0.15) is 5.69 Å². The maximum atomic E-state index is 10.6. The number of rotatable bonds is 4. The standard InChI is InChI=1S/C12H18N4O2/c13-11-7-9(4-5-12(11)16(17)18)15-8-10-3-1-2-6-14-10/h4-5,7,10,14-15H,1-3,6,8,13H2. The molecule has 1 heterocycles. The van der Waals surface area contributed by atoms with Gasteiger partial charge in [0.05, 0.1) is 4.92 Å². The van der Waals surface area contributed by atoms with Crippen molar-refractivity contribution in [2.24, 2.45) is 0 Å². The first kappa shape index (κ1) is 12.6. The molecule has 0 spiro atoms. The highest BCUT2D eigenvalue weighted by Gasteiger charge is 2.13. The van der Waals surface area contributed by atoms with Crippen molar-refractivity contribution in [1.82, 2.24) is 5.32 Å². The molecule has 6 heteroatoms. The molecule has 1 aliphatic rings. The molecule has 1 atom stereocenters. The summed E-state index contributed by atoms with van der Waals surface area (Å²) in [6, 6.07) is 5.21. The van der Waals surface area contributed by atoms with Gasteiger partial charge in [0, 0.05) is 24.3 Å². The van der Waals surface area contributed by atoms with Gasteiger partial charge in [-0.1, -0.05) is 6.42 Å². The number of nitro benzene ring substituents is 1.